The first-order valence-electron chi connectivity index (χ1n) is 3.21. The number of terminal acetylenes is 1. The van der Waals surface area contributed by atoms with Gasteiger partial charge in [0.2, 0.25) is 0 Å². The summed E-state index contributed by atoms with van der Waals surface area (Å²) in [7, 11) is 0. The SMILES string of the molecule is C#CCOSc1ccccc1. The van der Waals surface area contributed by atoms with Crippen molar-refractivity contribution in [1.82, 2.24) is 0 Å². The molecule has 0 aliphatic rings. The van der Waals surface area contributed by atoms with Crippen molar-refractivity contribution in [3.63, 3.8) is 0 Å². The third kappa shape index (κ3) is 3.13. The molecule has 56 valence electrons. The predicted octanol–water partition coefficient (Wildman–Crippen LogP) is 2.34. The molecule has 0 radical (unpaired) electrons. The van der Waals surface area contributed by atoms with Crippen molar-refractivity contribution >= 4 is 12.0 Å². The number of benzene rings is 1. The van der Waals surface area contributed by atoms with Gasteiger partial charge < -0.3 is 0 Å². The van der Waals surface area contributed by atoms with Crippen LogP contribution < -0.4 is 0 Å². The first kappa shape index (κ1) is 8.19. The largest absolute Gasteiger partial charge is 0.297 e. The minimum atomic E-state index is 0.347. The second-order valence-corrected chi connectivity index (χ2v) is 2.74. The van der Waals surface area contributed by atoms with Gasteiger partial charge in [0.1, 0.15) is 6.61 Å². The van der Waals surface area contributed by atoms with Crippen molar-refractivity contribution in [1.29, 1.82) is 0 Å². The highest BCUT2D eigenvalue weighted by molar-refractivity contribution is 7.94. The third-order valence-electron chi connectivity index (χ3n) is 1.04. The van der Waals surface area contributed by atoms with Gasteiger partial charge in [0, 0.05) is 16.9 Å². The van der Waals surface area contributed by atoms with Crippen molar-refractivity contribution in [2.45, 2.75) is 4.90 Å². The Morgan fingerprint density at radius 2 is 2.09 bits per heavy atom. The van der Waals surface area contributed by atoms with Gasteiger partial charge in [-0.25, -0.2) is 0 Å². The van der Waals surface area contributed by atoms with Crippen LogP contribution in [0.25, 0.3) is 0 Å². The molecule has 11 heavy (non-hydrogen) atoms. The molecule has 0 saturated carbocycles. The lowest BCUT2D eigenvalue weighted by Gasteiger charge is -1.96. The zero-order chi connectivity index (χ0) is 7.94. The molecule has 0 aromatic heterocycles. The smallest absolute Gasteiger partial charge is 0.122 e. The molecule has 0 aliphatic carbocycles. The van der Waals surface area contributed by atoms with E-state index in [1.54, 1.807) is 0 Å². The molecular weight excluding hydrogens is 156 g/mol. The van der Waals surface area contributed by atoms with Crippen LogP contribution in [-0.2, 0) is 4.18 Å². The monoisotopic (exact) mass is 164 g/mol. The zero-order valence-corrected chi connectivity index (χ0v) is 6.80. The van der Waals surface area contributed by atoms with Gasteiger partial charge in [0.05, 0.1) is 0 Å². The van der Waals surface area contributed by atoms with Crippen LogP contribution >= 0.6 is 12.0 Å². The van der Waals surface area contributed by atoms with Crippen LogP contribution in [0.2, 0.25) is 0 Å². The molecule has 1 aromatic rings. The van der Waals surface area contributed by atoms with E-state index >= 15 is 0 Å². The first-order chi connectivity index (χ1) is 5.43. The van der Waals surface area contributed by atoms with Crippen LogP contribution in [0.5, 0.6) is 0 Å². The standard InChI is InChI=1S/C9H8OS/c1-2-8-10-11-9-6-4-3-5-7-9/h1,3-7H,8H2. The Morgan fingerprint density at radius 1 is 1.36 bits per heavy atom. The van der Waals surface area contributed by atoms with E-state index in [1.807, 2.05) is 30.3 Å². The molecule has 2 heteroatoms. The molecule has 0 fully saturated rings. The fourth-order valence-electron chi connectivity index (χ4n) is 0.608. The maximum absolute atomic E-state index is 5.05. The van der Waals surface area contributed by atoms with Gasteiger partial charge in [-0.15, -0.1) is 6.42 Å². The maximum atomic E-state index is 5.05. The summed E-state index contributed by atoms with van der Waals surface area (Å²) in [6.45, 7) is 0.347. The Balaban J connectivity index is 2.35. The summed E-state index contributed by atoms with van der Waals surface area (Å²) in [5.74, 6) is 2.39. The van der Waals surface area contributed by atoms with E-state index in [0.29, 0.717) is 6.61 Å². The number of hydrogen-bond donors (Lipinski definition) is 0. The number of rotatable bonds is 3. The third-order valence-corrected chi connectivity index (χ3v) is 1.74. The Kier molecular flexibility index (Phi) is 3.60. The molecule has 1 aromatic carbocycles. The fraction of sp³-hybridized carbons (Fsp3) is 0.111. The van der Waals surface area contributed by atoms with Crippen LogP contribution in [0.3, 0.4) is 0 Å². The summed E-state index contributed by atoms with van der Waals surface area (Å²) in [5.41, 5.74) is 0. The van der Waals surface area contributed by atoms with Gasteiger partial charge in [0.15, 0.2) is 0 Å². The number of hydrogen-bond acceptors (Lipinski definition) is 2. The first-order valence-corrected chi connectivity index (χ1v) is 3.95. The summed E-state index contributed by atoms with van der Waals surface area (Å²) in [6.07, 6.45) is 5.00. The molecule has 0 bridgehead atoms. The van der Waals surface area contributed by atoms with Crippen molar-refractivity contribution in [3.05, 3.63) is 30.3 Å². The van der Waals surface area contributed by atoms with Crippen molar-refractivity contribution < 1.29 is 4.18 Å². The summed E-state index contributed by atoms with van der Waals surface area (Å²) in [5, 5.41) is 0. The topological polar surface area (TPSA) is 9.23 Å². The molecule has 0 amide bonds. The lowest BCUT2D eigenvalue weighted by atomic mass is 10.4. The average Bonchev–Trinajstić information content (AvgIpc) is 2.07. The Labute approximate surface area is 71.0 Å². The Morgan fingerprint density at radius 3 is 2.73 bits per heavy atom. The van der Waals surface area contributed by atoms with Crippen molar-refractivity contribution in [2.24, 2.45) is 0 Å². The highest BCUT2D eigenvalue weighted by Gasteiger charge is 1.89. The van der Waals surface area contributed by atoms with Gasteiger partial charge in [-0.05, 0) is 12.1 Å². The van der Waals surface area contributed by atoms with Crippen molar-refractivity contribution in [3.8, 4) is 12.3 Å². The average molecular weight is 164 g/mol. The summed E-state index contributed by atoms with van der Waals surface area (Å²) in [4.78, 5) is 1.07. The maximum Gasteiger partial charge on any atom is 0.122 e. The lowest BCUT2D eigenvalue weighted by molar-refractivity contribution is 0.438. The van der Waals surface area contributed by atoms with Gasteiger partial charge in [0.25, 0.3) is 0 Å². The quantitative estimate of drug-likeness (QED) is 0.385. The van der Waals surface area contributed by atoms with Crippen LogP contribution in [0.4, 0.5) is 0 Å². The van der Waals surface area contributed by atoms with E-state index < -0.39 is 0 Å². The Hall–Kier alpha value is -0.910. The van der Waals surface area contributed by atoms with Crippen LogP contribution in [-0.4, -0.2) is 6.61 Å². The summed E-state index contributed by atoms with van der Waals surface area (Å²) >= 11 is 1.30. The van der Waals surface area contributed by atoms with E-state index in [1.165, 1.54) is 12.0 Å². The molecule has 0 atom stereocenters. The lowest BCUT2D eigenvalue weighted by Crippen LogP contribution is -1.79. The second-order valence-electron chi connectivity index (χ2n) is 1.86. The minimum Gasteiger partial charge on any atom is -0.297 e. The van der Waals surface area contributed by atoms with Crippen LogP contribution in [0.15, 0.2) is 35.2 Å². The highest BCUT2D eigenvalue weighted by Crippen LogP contribution is 2.17. The zero-order valence-electron chi connectivity index (χ0n) is 5.99. The highest BCUT2D eigenvalue weighted by atomic mass is 32.2. The van der Waals surface area contributed by atoms with Gasteiger partial charge in [-0.1, -0.05) is 24.1 Å². The summed E-state index contributed by atoms with van der Waals surface area (Å²) < 4.78 is 5.05. The fourth-order valence-corrected chi connectivity index (χ4v) is 1.14. The van der Waals surface area contributed by atoms with Gasteiger partial charge >= 0.3 is 0 Å². The van der Waals surface area contributed by atoms with E-state index in [0.717, 1.165) is 4.90 Å². The van der Waals surface area contributed by atoms with E-state index in [9.17, 15) is 0 Å². The van der Waals surface area contributed by atoms with E-state index in [-0.39, 0.29) is 0 Å². The Bertz CT molecular complexity index is 237. The van der Waals surface area contributed by atoms with Gasteiger partial charge in [-0.3, -0.25) is 4.18 Å². The molecule has 0 N–H and O–H groups in total. The molecular formula is C9H8OS. The van der Waals surface area contributed by atoms with Gasteiger partial charge in [-0.2, -0.15) is 0 Å². The second kappa shape index (κ2) is 4.84. The molecule has 0 unspecified atom stereocenters. The molecule has 0 aliphatic heterocycles. The van der Waals surface area contributed by atoms with Crippen LogP contribution in [0.1, 0.15) is 0 Å². The normalized spacial score (nSPS) is 9.00. The van der Waals surface area contributed by atoms with Crippen molar-refractivity contribution in [2.75, 3.05) is 6.61 Å². The van der Waals surface area contributed by atoms with E-state index in [2.05, 4.69) is 5.92 Å². The molecule has 0 saturated heterocycles. The van der Waals surface area contributed by atoms with E-state index in [4.69, 9.17) is 10.6 Å². The predicted molar refractivity (Wildman–Crippen MR) is 47.1 cm³/mol. The van der Waals surface area contributed by atoms with Crippen LogP contribution in [0, 0.1) is 12.3 Å². The minimum absolute atomic E-state index is 0.347. The molecule has 0 spiro atoms. The summed E-state index contributed by atoms with van der Waals surface area (Å²) in [6, 6.07) is 9.83. The molecule has 1 nitrogen and oxygen atoms in total. The molecule has 1 rings (SSSR count). The molecule has 0 heterocycles.